The summed E-state index contributed by atoms with van der Waals surface area (Å²) < 4.78 is 45.6. The van der Waals surface area contributed by atoms with Gasteiger partial charge >= 0.3 is 12.2 Å². The Bertz CT molecular complexity index is 1190. The second-order valence-electron chi connectivity index (χ2n) is 9.01. The van der Waals surface area contributed by atoms with Gasteiger partial charge in [0.15, 0.2) is 0 Å². The monoisotopic (exact) mass is 490 g/mol. The summed E-state index contributed by atoms with van der Waals surface area (Å²) in [4.78, 5) is 25.5. The summed E-state index contributed by atoms with van der Waals surface area (Å²) in [6, 6.07) is 4.88. The fraction of sp³-hybridized carbons (Fsp3) is 0.500. The lowest BCUT2D eigenvalue weighted by atomic mass is 10.1. The van der Waals surface area contributed by atoms with Crippen LogP contribution < -0.4 is 10.2 Å². The maximum atomic E-state index is 13.4. The number of rotatable bonds is 5. The summed E-state index contributed by atoms with van der Waals surface area (Å²) >= 11 is 0. The van der Waals surface area contributed by atoms with Crippen molar-refractivity contribution < 1.29 is 22.5 Å². The molecule has 2 aromatic heterocycles. The van der Waals surface area contributed by atoms with Gasteiger partial charge in [0.25, 0.3) is 5.71 Å². The van der Waals surface area contributed by atoms with Crippen LogP contribution in [0.1, 0.15) is 38.6 Å². The van der Waals surface area contributed by atoms with Crippen LogP contribution in [0.25, 0.3) is 22.4 Å². The number of anilines is 1. The predicted octanol–water partition coefficient (Wildman–Crippen LogP) is 4.74. The first-order chi connectivity index (χ1) is 16.7. The molecule has 0 atom stereocenters. The zero-order valence-electron chi connectivity index (χ0n) is 20.0. The standard InChI is InChI=1S/C24H29F3N6O2/c1-4-28-23(34)33-10-6-9-32(11-12-33)21-19-20(16-7-5-8-17(14-16)24(25,26)27)31-35-22(19)30-18(29-21)13-15(2)3/h5,7-8,14-15H,4,6,9-13H2,1-3H3,(H,28,34). The molecular weight excluding hydrogens is 461 g/mol. The Morgan fingerprint density at radius 3 is 2.69 bits per heavy atom. The molecule has 188 valence electrons. The van der Waals surface area contributed by atoms with E-state index in [1.54, 1.807) is 11.0 Å². The van der Waals surface area contributed by atoms with E-state index in [0.717, 1.165) is 12.1 Å². The van der Waals surface area contributed by atoms with Crippen molar-refractivity contribution in [2.24, 2.45) is 5.92 Å². The fourth-order valence-corrected chi connectivity index (χ4v) is 4.20. The van der Waals surface area contributed by atoms with E-state index in [9.17, 15) is 18.0 Å². The lowest BCUT2D eigenvalue weighted by Crippen LogP contribution is -2.42. The Balaban J connectivity index is 1.78. The third-order valence-electron chi connectivity index (χ3n) is 5.83. The van der Waals surface area contributed by atoms with Crippen molar-refractivity contribution in [3.63, 3.8) is 0 Å². The molecule has 1 aromatic carbocycles. The summed E-state index contributed by atoms with van der Waals surface area (Å²) in [5, 5.41) is 7.41. The van der Waals surface area contributed by atoms with Gasteiger partial charge in [-0.2, -0.15) is 18.2 Å². The van der Waals surface area contributed by atoms with Crippen molar-refractivity contribution >= 4 is 22.9 Å². The van der Waals surface area contributed by atoms with E-state index < -0.39 is 11.7 Å². The topological polar surface area (TPSA) is 87.4 Å². The molecule has 1 aliphatic heterocycles. The number of hydrogen-bond donors (Lipinski definition) is 1. The van der Waals surface area contributed by atoms with Gasteiger partial charge < -0.3 is 19.6 Å². The molecule has 1 aliphatic rings. The molecule has 2 amide bonds. The van der Waals surface area contributed by atoms with Gasteiger partial charge in [0.2, 0.25) is 0 Å². The van der Waals surface area contributed by atoms with Gasteiger partial charge in [-0.25, -0.2) is 9.78 Å². The second-order valence-corrected chi connectivity index (χ2v) is 9.01. The van der Waals surface area contributed by atoms with Crippen molar-refractivity contribution in [2.75, 3.05) is 37.6 Å². The van der Waals surface area contributed by atoms with Crippen LogP contribution in [0.3, 0.4) is 0 Å². The molecule has 4 rings (SSSR count). The number of urea groups is 1. The number of fused-ring (bicyclic) bond motifs is 1. The molecule has 8 nitrogen and oxygen atoms in total. The highest BCUT2D eigenvalue weighted by Gasteiger charge is 2.32. The molecule has 0 aliphatic carbocycles. The molecule has 0 radical (unpaired) electrons. The van der Waals surface area contributed by atoms with Crippen LogP contribution in [-0.2, 0) is 12.6 Å². The van der Waals surface area contributed by atoms with E-state index in [1.807, 2.05) is 11.8 Å². The molecule has 3 aromatic rings. The van der Waals surface area contributed by atoms with Gasteiger partial charge in [-0.15, -0.1) is 0 Å². The van der Waals surface area contributed by atoms with Crippen molar-refractivity contribution in [3.05, 3.63) is 35.7 Å². The number of alkyl halides is 3. The number of nitrogens with one attached hydrogen (secondary N) is 1. The molecule has 0 spiro atoms. The SMILES string of the molecule is CCNC(=O)N1CCCN(c2nc(CC(C)C)nc3onc(-c4cccc(C(F)(F)F)c4)c23)CC1. The maximum absolute atomic E-state index is 13.4. The number of halogens is 3. The van der Waals surface area contributed by atoms with Gasteiger partial charge in [0.1, 0.15) is 22.7 Å². The number of carbonyl (C=O) groups is 1. The number of hydrogen-bond acceptors (Lipinski definition) is 6. The first kappa shape index (κ1) is 24.7. The molecule has 35 heavy (non-hydrogen) atoms. The van der Waals surface area contributed by atoms with Crippen molar-refractivity contribution in [3.8, 4) is 11.3 Å². The first-order valence-corrected chi connectivity index (χ1v) is 11.8. The predicted molar refractivity (Wildman–Crippen MR) is 126 cm³/mol. The summed E-state index contributed by atoms with van der Waals surface area (Å²) in [5.74, 6) is 1.44. The van der Waals surface area contributed by atoms with E-state index in [0.29, 0.717) is 68.5 Å². The minimum Gasteiger partial charge on any atom is -0.354 e. The third kappa shape index (κ3) is 5.49. The van der Waals surface area contributed by atoms with Crippen LogP contribution in [0.4, 0.5) is 23.8 Å². The first-order valence-electron chi connectivity index (χ1n) is 11.8. The van der Waals surface area contributed by atoms with Crippen LogP contribution in [0.5, 0.6) is 0 Å². The highest BCUT2D eigenvalue weighted by molar-refractivity contribution is 5.98. The van der Waals surface area contributed by atoms with Crippen molar-refractivity contribution in [1.29, 1.82) is 0 Å². The van der Waals surface area contributed by atoms with Crippen molar-refractivity contribution in [2.45, 2.75) is 39.8 Å². The van der Waals surface area contributed by atoms with E-state index in [1.165, 1.54) is 6.07 Å². The fourth-order valence-electron chi connectivity index (χ4n) is 4.20. The van der Waals surface area contributed by atoms with Crippen LogP contribution in [0.2, 0.25) is 0 Å². The number of benzene rings is 1. The summed E-state index contributed by atoms with van der Waals surface area (Å²) in [7, 11) is 0. The highest BCUT2D eigenvalue weighted by Crippen LogP contribution is 2.37. The average molecular weight is 491 g/mol. The molecule has 11 heteroatoms. The summed E-state index contributed by atoms with van der Waals surface area (Å²) in [6.07, 6.45) is -3.15. The largest absolute Gasteiger partial charge is 0.416 e. The summed E-state index contributed by atoms with van der Waals surface area (Å²) in [5.41, 5.74) is 0.0149. The Morgan fingerprint density at radius 2 is 1.97 bits per heavy atom. The zero-order chi connectivity index (χ0) is 25.2. The van der Waals surface area contributed by atoms with Gasteiger partial charge in [-0.1, -0.05) is 31.1 Å². The molecule has 3 heterocycles. The van der Waals surface area contributed by atoms with Crippen molar-refractivity contribution in [1.82, 2.24) is 25.3 Å². The molecular formula is C24H29F3N6O2. The Labute approximate surface area is 201 Å². The van der Waals surface area contributed by atoms with Gasteiger partial charge in [0, 0.05) is 44.7 Å². The van der Waals surface area contributed by atoms with Crippen LogP contribution in [-0.4, -0.2) is 58.8 Å². The maximum Gasteiger partial charge on any atom is 0.416 e. The Morgan fingerprint density at radius 1 is 1.17 bits per heavy atom. The van der Waals surface area contributed by atoms with E-state index in [2.05, 4.69) is 29.3 Å². The molecule has 1 N–H and O–H groups in total. The van der Waals surface area contributed by atoms with Gasteiger partial charge in [0.05, 0.1) is 5.56 Å². The molecule has 0 bridgehead atoms. The van der Waals surface area contributed by atoms with Gasteiger partial charge in [-0.3, -0.25) is 0 Å². The third-order valence-corrected chi connectivity index (χ3v) is 5.83. The summed E-state index contributed by atoms with van der Waals surface area (Å²) in [6.45, 7) is 8.74. The van der Waals surface area contributed by atoms with Crippen LogP contribution in [0, 0.1) is 5.92 Å². The molecule has 0 unspecified atom stereocenters. The van der Waals surface area contributed by atoms with Gasteiger partial charge in [-0.05, 0) is 31.4 Å². The Hall–Kier alpha value is -3.37. The molecule has 1 saturated heterocycles. The number of aromatic nitrogens is 3. The van der Waals surface area contributed by atoms with E-state index >= 15 is 0 Å². The minimum absolute atomic E-state index is 0.114. The van der Waals surface area contributed by atoms with Crippen LogP contribution in [0.15, 0.2) is 28.8 Å². The zero-order valence-corrected chi connectivity index (χ0v) is 20.0. The lowest BCUT2D eigenvalue weighted by molar-refractivity contribution is -0.137. The average Bonchev–Trinajstić information content (AvgIpc) is 3.06. The molecule has 1 fully saturated rings. The number of carbonyl (C=O) groups excluding carboxylic acids is 1. The quantitative estimate of drug-likeness (QED) is 0.556. The number of nitrogens with zero attached hydrogens (tertiary/aromatic N) is 5. The second kappa shape index (κ2) is 10.1. The molecule has 0 saturated carbocycles. The van der Waals surface area contributed by atoms with E-state index in [4.69, 9.17) is 9.51 Å². The normalized spacial score (nSPS) is 15.1. The Kier molecular flexibility index (Phi) is 7.13. The smallest absolute Gasteiger partial charge is 0.354 e. The lowest BCUT2D eigenvalue weighted by Gasteiger charge is -2.24. The highest BCUT2D eigenvalue weighted by atomic mass is 19.4. The minimum atomic E-state index is -4.48. The van der Waals surface area contributed by atoms with E-state index in [-0.39, 0.29) is 23.0 Å². The van der Waals surface area contributed by atoms with Crippen LogP contribution >= 0.6 is 0 Å². The number of amides is 2.